The zero-order chi connectivity index (χ0) is 22.1. The molecule has 3 aliphatic heterocycles. The van der Waals surface area contributed by atoms with Crippen molar-refractivity contribution in [3.63, 3.8) is 0 Å². The van der Waals surface area contributed by atoms with E-state index in [1.165, 1.54) is 12.1 Å². The highest BCUT2D eigenvalue weighted by molar-refractivity contribution is 6.31. The third kappa shape index (κ3) is 4.42. The Labute approximate surface area is 191 Å². The average Bonchev–Trinajstić information content (AvgIpc) is 3.25. The second-order valence-electron chi connectivity index (χ2n) is 8.52. The number of likely N-dealkylation sites (tertiary alicyclic amines) is 1. The van der Waals surface area contributed by atoms with Gasteiger partial charge in [0.05, 0.1) is 31.4 Å². The van der Waals surface area contributed by atoms with E-state index in [1.54, 1.807) is 18.2 Å². The van der Waals surface area contributed by atoms with Gasteiger partial charge in [-0.15, -0.1) is 0 Å². The molecule has 0 radical (unpaired) electrons. The lowest BCUT2D eigenvalue weighted by Gasteiger charge is -2.41. The van der Waals surface area contributed by atoms with Gasteiger partial charge in [0.1, 0.15) is 18.2 Å². The number of nitrogens with zero attached hydrogens (tertiary/aromatic N) is 2. The van der Waals surface area contributed by atoms with E-state index in [-0.39, 0.29) is 17.8 Å². The standard InChI is InChI=1S/C24H26ClFN2O4/c25-18-3-6-22-21(13-18)28(15-17-1-4-19(26)5-2-17)20(16-30-22)14-23(29)27-9-7-24(8-10-27)31-11-12-32-24/h1-6,13,20H,7-12,14-16H2/t20-/m0/s1. The SMILES string of the molecule is O=C(C[C@H]1COc2ccc(Cl)cc2N1Cc1ccc(F)cc1)N1CCC2(CC1)OCCO2. The van der Waals surface area contributed by atoms with Crippen LogP contribution in [0.4, 0.5) is 10.1 Å². The minimum Gasteiger partial charge on any atom is -0.489 e. The van der Waals surface area contributed by atoms with E-state index in [0.717, 1.165) is 17.0 Å². The Bertz CT molecular complexity index is 970. The van der Waals surface area contributed by atoms with Crippen LogP contribution in [-0.2, 0) is 20.8 Å². The minimum atomic E-state index is -0.505. The van der Waals surface area contributed by atoms with E-state index >= 15 is 0 Å². The van der Waals surface area contributed by atoms with Crippen molar-refractivity contribution in [1.29, 1.82) is 0 Å². The average molecular weight is 461 g/mol. The first-order valence-electron chi connectivity index (χ1n) is 11.0. The summed E-state index contributed by atoms with van der Waals surface area (Å²) in [4.78, 5) is 17.2. The fourth-order valence-electron chi connectivity index (χ4n) is 4.69. The monoisotopic (exact) mass is 460 g/mol. The van der Waals surface area contributed by atoms with Crippen LogP contribution in [0.3, 0.4) is 0 Å². The smallest absolute Gasteiger partial charge is 0.224 e. The van der Waals surface area contributed by atoms with Crippen molar-refractivity contribution in [2.75, 3.05) is 37.8 Å². The maximum atomic E-state index is 13.4. The van der Waals surface area contributed by atoms with Crippen LogP contribution in [0, 0.1) is 5.82 Å². The molecule has 2 saturated heterocycles. The van der Waals surface area contributed by atoms with Crippen molar-refractivity contribution in [2.45, 2.75) is 37.6 Å². The van der Waals surface area contributed by atoms with Crippen molar-refractivity contribution in [3.05, 3.63) is 58.9 Å². The highest BCUT2D eigenvalue weighted by atomic mass is 35.5. The lowest BCUT2D eigenvalue weighted by Crippen LogP contribution is -2.50. The fraction of sp³-hybridized carbons (Fsp3) is 0.458. The molecule has 0 aromatic heterocycles. The first-order chi connectivity index (χ1) is 15.5. The van der Waals surface area contributed by atoms with Crippen molar-refractivity contribution in [3.8, 4) is 5.75 Å². The number of ether oxygens (including phenoxy) is 3. The van der Waals surface area contributed by atoms with Crippen molar-refractivity contribution in [2.24, 2.45) is 0 Å². The molecule has 170 valence electrons. The number of hydrogen-bond acceptors (Lipinski definition) is 5. The van der Waals surface area contributed by atoms with Gasteiger partial charge in [-0.1, -0.05) is 23.7 Å². The van der Waals surface area contributed by atoms with Crippen LogP contribution in [0.2, 0.25) is 5.02 Å². The molecule has 0 aliphatic carbocycles. The number of piperidine rings is 1. The summed E-state index contributed by atoms with van der Waals surface area (Å²) in [5.41, 5.74) is 1.79. The van der Waals surface area contributed by atoms with Crippen LogP contribution < -0.4 is 9.64 Å². The Morgan fingerprint density at radius 1 is 1.09 bits per heavy atom. The molecule has 0 unspecified atom stereocenters. The Balaban J connectivity index is 1.32. The molecular formula is C24H26ClFN2O4. The van der Waals surface area contributed by atoms with Crippen LogP contribution in [0.1, 0.15) is 24.8 Å². The van der Waals surface area contributed by atoms with Crippen LogP contribution in [0.5, 0.6) is 5.75 Å². The molecule has 3 heterocycles. The number of anilines is 1. The van der Waals surface area contributed by atoms with Crippen LogP contribution in [-0.4, -0.2) is 55.5 Å². The normalized spacial score (nSPS) is 22.0. The second-order valence-corrected chi connectivity index (χ2v) is 8.96. The summed E-state index contributed by atoms with van der Waals surface area (Å²) < 4.78 is 30.9. The molecule has 0 bridgehead atoms. The van der Waals surface area contributed by atoms with E-state index in [1.807, 2.05) is 17.0 Å². The van der Waals surface area contributed by atoms with E-state index in [0.29, 0.717) is 63.7 Å². The quantitative estimate of drug-likeness (QED) is 0.690. The minimum absolute atomic E-state index is 0.0843. The molecule has 3 aliphatic rings. The summed E-state index contributed by atoms with van der Waals surface area (Å²) in [7, 11) is 0. The Morgan fingerprint density at radius 2 is 1.81 bits per heavy atom. The molecule has 2 aromatic rings. The zero-order valence-electron chi connectivity index (χ0n) is 17.8. The molecule has 0 saturated carbocycles. The number of carbonyl (C=O) groups is 1. The topological polar surface area (TPSA) is 51.2 Å². The number of benzene rings is 2. The Kier molecular flexibility index (Phi) is 5.97. The van der Waals surface area contributed by atoms with Gasteiger partial charge < -0.3 is 24.0 Å². The first-order valence-corrected chi connectivity index (χ1v) is 11.4. The van der Waals surface area contributed by atoms with Gasteiger partial charge in [-0.25, -0.2) is 4.39 Å². The summed E-state index contributed by atoms with van der Waals surface area (Å²) >= 11 is 6.27. The van der Waals surface area contributed by atoms with Crippen LogP contribution in [0.15, 0.2) is 42.5 Å². The molecule has 2 aromatic carbocycles. The highest BCUT2D eigenvalue weighted by Crippen LogP contribution is 2.38. The number of rotatable bonds is 4. The van der Waals surface area contributed by atoms with Gasteiger partial charge in [0, 0.05) is 37.5 Å². The molecule has 1 amide bonds. The van der Waals surface area contributed by atoms with Gasteiger partial charge >= 0.3 is 0 Å². The number of halogens is 2. The third-order valence-corrected chi connectivity index (χ3v) is 6.71. The van der Waals surface area contributed by atoms with Crippen molar-refractivity contribution >= 4 is 23.2 Å². The van der Waals surface area contributed by atoms with E-state index in [9.17, 15) is 9.18 Å². The summed E-state index contributed by atoms with van der Waals surface area (Å²) in [6, 6.07) is 11.8. The van der Waals surface area contributed by atoms with Crippen LogP contribution >= 0.6 is 11.6 Å². The first kappa shape index (κ1) is 21.5. The fourth-order valence-corrected chi connectivity index (χ4v) is 4.86. The van der Waals surface area contributed by atoms with Gasteiger partial charge in [-0.3, -0.25) is 4.79 Å². The molecule has 5 rings (SSSR count). The Hall–Kier alpha value is -2.35. The molecule has 32 heavy (non-hydrogen) atoms. The van der Waals surface area contributed by atoms with E-state index in [4.69, 9.17) is 25.8 Å². The number of carbonyl (C=O) groups excluding carboxylic acids is 1. The molecular weight excluding hydrogens is 435 g/mol. The third-order valence-electron chi connectivity index (χ3n) is 6.47. The lowest BCUT2D eigenvalue weighted by molar-refractivity contribution is -0.187. The van der Waals surface area contributed by atoms with Crippen molar-refractivity contribution < 1.29 is 23.4 Å². The van der Waals surface area contributed by atoms with Gasteiger partial charge in [0.25, 0.3) is 0 Å². The zero-order valence-corrected chi connectivity index (χ0v) is 18.5. The largest absolute Gasteiger partial charge is 0.489 e. The predicted molar refractivity (Wildman–Crippen MR) is 118 cm³/mol. The molecule has 2 fully saturated rings. The summed E-state index contributed by atoms with van der Waals surface area (Å²) in [6.45, 7) is 3.40. The number of amides is 1. The van der Waals surface area contributed by atoms with Gasteiger partial charge in [0.2, 0.25) is 5.91 Å². The Morgan fingerprint density at radius 3 is 2.53 bits per heavy atom. The number of fused-ring (bicyclic) bond motifs is 1. The van der Waals surface area contributed by atoms with Crippen molar-refractivity contribution in [1.82, 2.24) is 4.90 Å². The summed E-state index contributed by atoms with van der Waals surface area (Å²) in [5, 5.41) is 0.598. The van der Waals surface area contributed by atoms with Gasteiger partial charge in [-0.2, -0.15) is 0 Å². The lowest BCUT2D eigenvalue weighted by atomic mass is 10.0. The number of hydrogen-bond donors (Lipinski definition) is 0. The maximum absolute atomic E-state index is 13.4. The van der Waals surface area contributed by atoms with E-state index < -0.39 is 5.79 Å². The molecule has 1 spiro atoms. The second kappa shape index (κ2) is 8.89. The van der Waals surface area contributed by atoms with Gasteiger partial charge in [-0.05, 0) is 35.9 Å². The molecule has 0 N–H and O–H groups in total. The molecule has 8 heteroatoms. The summed E-state index contributed by atoms with van der Waals surface area (Å²) in [5.74, 6) is 0.0374. The van der Waals surface area contributed by atoms with Gasteiger partial charge in [0.15, 0.2) is 5.79 Å². The predicted octanol–water partition coefficient (Wildman–Crippen LogP) is 4.00. The molecule has 6 nitrogen and oxygen atoms in total. The van der Waals surface area contributed by atoms with Crippen LogP contribution in [0.25, 0.3) is 0 Å². The highest BCUT2D eigenvalue weighted by Gasteiger charge is 2.41. The van der Waals surface area contributed by atoms with E-state index in [2.05, 4.69) is 4.90 Å². The summed E-state index contributed by atoms with van der Waals surface area (Å²) in [6.07, 6.45) is 1.71. The molecule has 1 atom stereocenters. The maximum Gasteiger partial charge on any atom is 0.224 e.